The Balaban J connectivity index is 1.81. The standard InChI is InChI=1S/C12H20N2OS/c1-9(2)13-6-11-8-16-12(14-11)5-10-3-4-15-7-10/h8-10,13H,3-7H2,1-2H3. The van der Waals surface area contributed by atoms with Gasteiger partial charge in [0.15, 0.2) is 0 Å². The van der Waals surface area contributed by atoms with Gasteiger partial charge in [0.1, 0.15) is 0 Å². The van der Waals surface area contributed by atoms with Crippen molar-refractivity contribution in [2.24, 2.45) is 5.92 Å². The van der Waals surface area contributed by atoms with Gasteiger partial charge in [0.05, 0.1) is 10.7 Å². The number of rotatable bonds is 5. The van der Waals surface area contributed by atoms with Gasteiger partial charge in [-0.05, 0) is 12.3 Å². The molecule has 1 atom stereocenters. The van der Waals surface area contributed by atoms with E-state index in [1.54, 1.807) is 11.3 Å². The fraction of sp³-hybridized carbons (Fsp3) is 0.750. The lowest BCUT2D eigenvalue weighted by atomic mass is 10.1. The van der Waals surface area contributed by atoms with Crippen molar-refractivity contribution in [1.29, 1.82) is 0 Å². The highest BCUT2D eigenvalue weighted by Gasteiger charge is 2.17. The highest BCUT2D eigenvalue weighted by molar-refractivity contribution is 7.09. The first-order valence-corrected chi connectivity index (χ1v) is 6.86. The third-order valence-electron chi connectivity index (χ3n) is 2.78. The summed E-state index contributed by atoms with van der Waals surface area (Å²) in [5.74, 6) is 0.692. The molecule has 0 saturated carbocycles. The molecule has 0 aromatic carbocycles. The van der Waals surface area contributed by atoms with Gasteiger partial charge in [-0.1, -0.05) is 13.8 Å². The molecule has 3 nitrogen and oxygen atoms in total. The molecular weight excluding hydrogens is 220 g/mol. The highest BCUT2D eigenvalue weighted by Crippen LogP contribution is 2.20. The molecule has 0 radical (unpaired) electrons. The van der Waals surface area contributed by atoms with Crippen molar-refractivity contribution < 1.29 is 4.74 Å². The van der Waals surface area contributed by atoms with Gasteiger partial charge in [0.25, 0.3) is 0 Å². The first-order chi connectivity index (χ1) is 7.74. The maximum Gasteiger partial charge on any atom is 0.0932 e. The van der Waals surface area contributed by atoms with Crippen LogP contribution in [0.2, 0.25) is 0 Å². The number of thiazole rings is 1. The molecule has 2 heterocycles. The number of hydrogen-bond acceptors (Lipinski definition) is 4. The molecule has 1 aromatic rings. The first-order valence-electron chi connectivity index (χ1n) is 5.98. The van der Waals surface area contributed by atoms with E-state index in [2.05, 4.69) is 29.5 Å². The molecule has 1 fully saturated rings. The van der Waals surface area contributed by atoms with Crippen molar-refractivity contribution in [2.45, 2.75) is 39.3 Å². The van der Waals surface area contributed by atoms with E-state index in [9.17, 15) is 0 Å². The summed E-state index contributed by atoms with van der Waals surface area (Å²) in [7, 11) is 0. The molecule has 1 aromatic heterocycles. The summed E-state index contributed by atoms with van der Waals surface area (Å²) in [6.07, 6.45) is 2.28. The van der Waals surface area contributed by atoms with E-state index in [0.717, 1.165) is 26.2 Å². The minimum absolute atomic E-state index is 0.522. The first kappa shape index (κ1) is 12.0. The number of hydrogen-bond donors (Lipinski definition) is 1. The van der Waals surface area contributed by atoms with Crippen molar-refractivity contribution in [3.8, 4) is 0 Å². The van der Waals surface area contributed by atoms with Crippen LogP contribution in [0.3, 0.4) is 0 Å². The summed E-state index contributed by atoms with van der Waals surface area (Å²) < 4.78 is 5.38. The van der Waals surface area contributed by atoms with Crippen molar-refractivity contribution in [1.82, 2.24) is 10.3 Å². The minimum atomic E-state index is 0.522. The number of nitrogens with zero attached hydrogens (tertiary/aromatic N) is 1. The molecular formula is C12H20N2OS. The SMILES string of the molecule is CC(C)NCc1csc(CC2CCOC2)n1. The molecule has 4 heteroatoms. The van der Waals surface area contributed by atoms with E-state index in [0.29, 0.717) is 12.0 Å². The second-order valence-electron chi connectivity index (χ2n) is 4.70. The van der Waals surface area contributed by atoms with E-state index in [-0.39, 0.29) is 0 Å². The summed E-state index contributed by atoms with van der Waals surface area (Å²) in [5.41, 5.74) is 1.17. The lowest BCUT2D eigenvalue weighted by molar-refractivity contribution is 0.186. The smallest absolute Gasteiger partial charge is 0.0932 e. The Hall–Kier alpha value is -0.450. The summed E-state index contributed by atoms with van der Waals surface area (Å²) in [5, 5.41) is 6.82. The third kappa shape index (κ3) is 3.54. The van der Waals surface area contributed by atoms with Gasteiger partial charge in [0.2, 0.25) is 0 Å². The Labute approximate surface area is 101 Å². The molecule has 0 amide bonds. The molecule has 0 bridgehead atoms. The molecule has 1 N–H and O–H groups in total. The number of aromatic nitrogens is 1. The minimum Gasteiger partial charge on any atom is -0.381 e. The van der Waals surface area contributed by atoms with Crippen molar-refractivity contribution >= 4 is 11.3 Å². The van der Waals surface area contributed by atoms with Crippen LogP contribution in [-0.4, -0.2) is 24.2 Å². The van der Waals surface area contributed by atoms with E-state index in [1.807, 2.05) is 0 Å². The zero-order valence-electron chi connectivity index (χ0n) is 10.0. The van der Waals surface area contributed by atoms with Gasteiger partial charge in [-0.2, -0.15) is 0 Å². The van der Waals surface area contributed by atoms with Gasteiger partial charge in [-0.25, -0.2) is 4.98 Å². The Morgan fingerprint density at radius 2 is 2.50 bits per heavy atom. The fourth-order valence-electron chi connectivity index (χ4n) is 1.82. The van der Waals surface area contributed by atoms with Crippen LogP contribution in [0.25, 0.3) is 0 Å². The molecule has 1 aliphatic heterocycles. The van der Waals surface area contributed by atoms with Crippen LogP contribution in [0.1, 0.15) is 31.0 Å². The normalized spacial score (nSPS) is 20.8. The topological polar surface area (TPSA) is 34.1 Å². The fourth-order valence-corrected chi connectivity index (χ4v) is 2.73. The van der Waals surface area contributed by atoms with Gasteiger partial charge in [0, 0.05) is 37.6 Å². The Morgan fingerprint density at radius 3 is 3.19 bits per heavy atom. The molecule has 1 aliphatic rings. The van der Waals surface area contributed by atoms with Gasteiger partial charge < -0.3 is 10.1 Å². The van der Waals surface area contributed by atoms with Crippen LogP contribution in [0, 0.1) is 5.92 Å². The Bertz CT molecular complexity index is 319. The zero-order valence-corrected chi connectivity index (χ0v) is 10.8. The maximum absolute atomic E-state index is 5.38. The van der Waals surface area contributed by atoms with Gasteiger partial charge in [-0.3, -0.25) is 0 Å². The summed E-state index contributed by atoms with van der Waals surface area (Å²) >= 11 is 1.78. The largest absolute Gasteiger partial charge is 0.381 e. The summed E-state index contributed by atoms with van der Waals surface area (Å²) in [4.78, 5) is 4.65. The monoisotopic (exact) mass is 240 g/mol. The summed E-state index contributed by atoms with van der Waals surface area (Å²) in [6.45, 7) is 7.04. The maximum atomic E-state index is 5.38. The van der Waals surface area contributed by atoms with Crippen LogP contribution >= 0.6 is 11.3 Å². The molecule has 90 valence electrons. The van der Waals surface area contributed by atoms with Crippen molar-refractivity contribution in [3.63, 3.8) is 0 Å². The third-order valence-corrected chi connectivity index (χ3v) is 3.70. The van der Waals surface area contributed by atoms with Crippen LogP contribution in [-0.2, 0) is 17.7 Å². The highest BCUT2D eigenvalue weighted by atomic mass is 32.1. The van der Waals surface area contributed by atoms with Crippen LogP contribution < -0.4 is 5.32 Å². The molecule has 0 spiro atoms. The predicted octanol–water partition coefficient (Wildman–Crippen LogP) is 2.22. The van der Waals surface area contributed by atoms with Gasteiger partial charge in [-0.15, -0.1) is 11.3 Å². The van der Waals surface area contributed by atoms with E-state index in [1.165, 1.54) is 17.1 Å². The van der Waals surface area contributed by atoms with E-state index in [4.69, 9.17) is 4.74 Å². The Kier molecular flexibility index (Phi) is 4.32. The number of nitrogens with one attached hydrogen (secondary N) is 1. The van der Waals surface area contributed by atoms with Crippen molar-refractivity contribution in [2.75, 3.05) is 13.2 Å². The van der Waals surface area contributed by atoms with E-state index >= 15 is 0 Å². The lowest BCUT2D eigenvalue weighted by Gasteiger charge is -2.05. The molecule has 16 heavy (non-hydrogen) atoms. The molecule has 1 unspecified atom stereocenters. The molecule has 0 aliphatic carbocycles. The predicted molar refractivity (Wildman–Crippen MR) is 66.7 cm³/mol. The molecule has 1 saturated heterocycles. The van der Waals surface area contributed by atoms with Gasteiger partial charge >= 0.3 is 0 Å². The van der Waals surface area contributed by atoms with Crippen LogP contribution in [0.5, 0.6) is 0 Å². The number of ether oxygens (including phenoxy) is 1. The zero-order chi connectivity index (χ0) is 11.4. The molecule has 2 rings (SSSR count). The van der Waals surface area contributed by atoms with Crippen molar-refractivity contribution in [3.05, 3.63) is 16.1 Å². The van der Waals surface area contributed by atoms with E-state index < -0.39 is 0 Å². The lowest BCUT2D eigenvalue weighted by Crippen LogP contribution is -2.22. The Morgan fingerprint density at radius 1 is 1.62 bits per heavy atom. The second kappa shape index (κ2) is 5.75. The quantitative estimate of drug-likeness (QED) is 0.857. The van der Waals surface area contributed by atoms with Crippen LogP contribution in [0.4, 0.5) is 0 Å². The average Bonchev–Trinajstić information content (AvgIpc) is 2.87. The summed E-state index contributed by atoms with van der Waals surface area (Å²) in [6, 6.07) is 0.522. The van der Waals surface area contributed by atoms with Crippen LogP contribution in [0.15, 0.2) is 5.38 Å². The average molecular weight is 240 g/mol. The second-order valence-corrected chi connectivity index (χ2v) is 5.64.